The monoisotopic (exact) mass is 299 g/mol. The number of rotatable bonds is 0. The van der Waals surface area contributed by atoms with Gasteiger partial charge in [0.25, 0.3) is 0 Å². The van der Waals surface area contributed by atoms with Crippen LogP contribution in [0, 0.1) is 0 Å². The molecule has 0 aromatic heterocycles. The molecule has 0 fully saturated rings. The van der Waals surface area contributed by atoms with E-state index in [1.54, 1.807) is 0 Å². The summed E-state index contributed by atoms with van der Waals surface area (Å²) < 4.78 is 0. The van der Waals surface area contributed by atoms with Gasteiger partial charge in [0.15, 0.2) is 0 Å². The summed E-state index contributed by atoms with van der Waals surface area (Å²) in [6.45, 7) is 0. The lowest BCUT2D eigenvalue weighted by atomic mass is 9.60. The fourth-order valence-corrected chi connectivity index (χ4v) is 4.38. The zero-order valence-electron chi connectivity index (χ0n) is 12.6. The molecule has 2 bridgehead atoms. The molecule has 3 aromatic carbocycles. The molecule has 0 radical (unpaired) electrons. The van der Waals surface area contributed by atoms with Gasteiger partial charge in [-0.05, 0) is 63.7 Å². The molecular weight excluding hydrogens is 282 g/mol. The number of nitrogen functional groups attached to an aromatic ring is 3. The van der Waals surface area contributed by atoms with Crippen LogP contribution in [0.2, 0.25) is 0 Å². The van der Waals surface area contributed by atoms with Gasteiger partial charge < -0.3 is 17.2 Å². The van der Waals surface area contributed by atoms with Gasteiger partial charge in [-0.1, -0.05) is 24.3 Å². The van der Waals surface area contributed by atoms with Crippen LogP contribution in [0.15, 0.2) is 54.6 Å². The van der Waals surface area contributed by atoms with Crippen LogP contribution in [0.4, 0.5) is 17.1 Å². The Hall–Kier alpha value is -2.94. The lowest BCUT2D eigenvalue weighted by Crippen LogP contribution is -2.28. The predicted octanol–water partition coefficient (Wildman–Crippen LogP) is 3.42. The summed E-state index contributed by atoms with van der Waals surface area (Å²) in [5.74, 6) is 0.331. The molecule has 112 valence electrons. The van der Waals surface area contributed by atoms with E-state index in [9.17, 15) is 0 Å². The van der Waals surface area contributed by atoms with Gasteiger partial charge in [0.05, 0.1) is 0 Å². The van der Waals surface area contributed by atoms with Crippen molar-refractivity contribution < 1.29 is 0 Å². The topological polar surface area (TPSA) is 78.1 Å². The molecule has 3 aliphatic carbocycles. The van der Waals surface area contributed by atoms with Gasteiger partial charge in [-0.3, -0.25) is 0 Å². The molecule has 23 heavy (non-hydrogen) atoms. The van der Waals surface area contributed by atoms with Crippen LogP contribution >= 0.6 is 0 Å². The van der Waals surface area contributed by atoms with Gasteiger partial charge in [-0.15, -0.1) is 0 Å². The first kappa shape index (κ1) is 12.6. The van der Waals surface area contributed by atoms with Gasteiger partial charge in [-0.2, -0.15) is 0 Å². The summed E-state index contributed by atoms with van der Waals surface area (Å²) in [6, 6.07) is 18.7. The Balaban J connectivity index is 1.92. The van der Waals surface area contributed by atoms with Crippen molar-refractivity contribution in [3.63, 3.8) is 0 Å². The molecule has 3 aromatic rings. The fraction of sp³-hybridized carbons (Fsp3) is 0.100. The van der Waals surface area contributed by atoms with Crippen molar-refractivity contribution in [2.75, 3.05) is 17.2 Å². The second-order valence-corrected chi connectivity index (χ2v) is 6.49. The van der Waals surface area contributed by atoms with E-state index in [-0.39, 0.29) is 11.8 Å². The zero-order valence-corrected chi connectivity index (χ0v) is 12.6. The summed E-state index contributed by atoms with van der Waals surface area (Å²) >= 11 is 0. The highest BCUT2D eigenvalue weighted by Crippen LogP contribution is 2.57. The quantitative estimate of drug-likeness (QED) is 0.383. The third-order valence-corrected chi connectivity index (χ3v) is 5.24. The Morgan fingerprint density at radius 1 is 0.565 bits per heavy atom. The normalized spacial score (nSPS) is 19.8. The number of hydrogen-bond acceptors (Lipinski definition) is 3. The van der Waals surface area contributed by atoms with Crippen LogP contribution in [-0.4, -0.2) is 0 Å². The molecule has 3 heteroatoms. The molecule has 6 N–H and O–H groups in total. The van der Waals surface area contributed by atoms with Gasteiger partial charge >= 0.3 is 0 Å². The minimum Gasteiger partial charge on any atom is -0.399 e. The van der Waals surface area contributed by atoms with Gasteiger partial charge in [0, 0.05) is 28.9 Å². The van der Waals surface area contributed by atoms with Gasteiger partial charge in [0.1, 0.15) is 0 Å². The fourth-order valence-electron chi connectivity index (χ4n) is 4.38. The number of benzene rings is 3. The smallest absolute Gasteiger partial charge is 0.0370 e. The van der Waals surface area contributed by atoms with Crippen molar-refractivity contribution in [1.29, 1.82) is 0 Å². The minimum atomic E-state index is 0.144. The molecule has 3 aliphatic rings. The van der Waals surface area contributed by atoms with Crippen molar-refractivity contribution in [2.24, 2.45) is 0 Å². The summed E-state index contributed by atoms with van der Waals surface area (Å²) in [6.07, 6.45) is 0. The number of anilines is 3. The summed E-state index contributed by atoms with van der Waals surface area (Å²) in [5.41, 5.74) is 28.7. The zero-order chi connectivity index (χ0) is 15.7. The van der Waals surface area contributed by atoms with Crippen molar-refractivity contribution in [2.45, 2.75) is 11.8 Å². The van der Waals surface area contributed by atoms with Crippen LogP contribution in [-0.2, 0) is 0 Å². The molecule has 6 rings (SSSR count). The Bertz CT molecular complexity index is 973. The van der Waals surface area contributed by atoms with Crippen molar-refractivity contribution >= 4 is 17.1 Å². The van der Waals surface area contributed by atoms with Gasteiger partial charge in [-0.25, -0.2) is 0 Å². The second kappa shape index (κ2) is 4.07. The standard InChI is InChI=1S/C20H17N3/c21-10-5-7-13-15(8-10)18-12-6-4-11(22)9-16(12)19(13)20-14(18)2-1-3-17(20)23/h1-9,18-19H,21-23H2/t18-,19+/m1/s1. The van der Waals surface area contributed by atoms with Crippen LogP contribution in [0.25, 0.3) is 0 Å². The van der Waals surface area contributed by atoms with Crippen molar-refractivity contribution in [1.82, 2.24) is 0 Å². The van der Waals surface area contributed by atoms with E-state index in [0.29, 0.717) is 0 Å². The molecular formula is C20H17N3. The molecule has 0 amide bonds. The van der Waals surface area contributed by atoms with E-state index in [1.165, 1.54) is 33.4 Å². The molecule has 0 heterocycles. The van der Waals surface area contributed by atoms with E-state index < -0.39 is 0 Å². The minimum absolute atomic E-state index is 0.144. The number of hydrogen-bond donors (Lipinski definition) is 3. The van der Waals surface area contributed by atoms with Crippen molar-refractivity contribution in [3.8, 4) is 0 Å². The third-order valence-electron chi connectivity index (χ3n) is 5.24. The highest BCUT2D eigenvalue weighted by atomic mass is 14.6. The molecule has 0 saturated heterocycles. The summed E-state index contributed by atoms with van der Waals surface area (Å²) in [4.78, 5) is 0. The first-order chi connectivity index (χ1) is 11.1. The lowest BCUT2D eigenvalue weighted by Gasteiger charge is -2.42. The lowest BCUT2D eigenvalue weighted by molar-refractivity contribution is 0.757. The van der Waals surface area contributed by atoms with Crippen molar-refractivity contribution in [3.05, 3.63) is 88.0 Å². The largest absolute Gasteiger partial charge is 0.399 e. The Morgan fingerprint density at radius 3 is 1.87 bits per heavy atom. The van der Waals surface area contributed by atoms with Crippen LogP contribution in [0.5, 0.6) is 0 Å². The maximum atomic E-state index is 6.35. The highest BCUT2D eigenvalue weighted by molar-refractivity contribution is 5.75. The SMILES string of the molecule is Nc1ccc2c(c1)[C@@H]1c3ccc(N)cc3[C@H]2c2c(N)cccc21. The predicted molar refractivity (Wildman–Crippen MR) is 94.5 cm³/mol. The molecule has 0 aliphatic heterocycles. The second-order valence-electron chi connectivity index (χ2n) is 6.49. The van der Waals surface area contributed by atoms with E-state index >= 15 is 0 Å². The first-order valence-electron chi connectivity index (χ1n) is 7.82. The Labute approximate surface area is 134 Å². The number of nitrogens with two attached hydrogens (primary N) is 3. The van der Waals surface area contributed by atoms with E-state index in [4.69, 9.17) is 17.2 Å². The summed E-state index contributed by atoms with van der Waals surface area (Å²) in [7, 11) is 0. The summed E-state index contributed by atoms with van der Waals surface area (Å²) in [5, 5.41) is 0. The maximum Gasteiger partial charge on any atom is 0.0370 e. The van der Waals surface area contributed by atoms with Crippen LogP contribution in [0.3, 0.4) is 0 Å². The van der Waals surface area contributed by atoms with E-state index in [1.807, 2.05) is 24.3 Å². The average molecular weight is 299 g/mol. The Kier molecular flexibility index (Phi) is 2.23. The average Bonchev–Trinajstić information content (AvgIpc) is 2.54. The molecule has 0 spiro atoms. The Morgan fingerprint density at radius 2 is 1.17 bits per heavy atom. The molecule has 0 unspecified atom stereocenters. The molecule has 2 atom stereocenters. The van der Waals surface area contributed by atoms with E-state index in [0.717, 1.165) is 17.1 Å². The molecule has 3 nitrogen and oxygen atoms in total. The van der Waals surface area contributed by atoms with Gasteiger partial charge in [0.2, 0.25) is 0 Å². The highest BCUT2D eigenvalue weighted by Gasteiger charge is 2.42. The maximum absolute atomic E-state index is 6.35. The van der Waals surface area contributed by atoms with Crippen LogP contribution in [0.1, 0.15) is 45.2 Å². The molecule has 0 saturated carbocycles. The first-order valence-corrected chi connectivity index (χ1v) is 7.82. The third kappa shape index (κ3) is 1.49. The van der Waals surface area contributed by atoms with Crippen LogP contribution < -0.4 is 17.2 Å². The van der Waals surface area contributed by atoms with E-state index in [2.05, 4.69) is 30.3 Å².